The third kappa shape index (κ3) is 4.61. The summed E-state index contributed by atoms with van der Waals surface area (Å²) in [6.07, 6.45) is 3.94. The summed E-state index contributed by atoms with van der Waals surface area (Å²) in [4.78, 5) is 31.0. The third-order valence-corrected chi connectivity index (χ3v) is 4.93. The second-order valence-electron chi connectivity index (χ2n) is 6.97. The lowest BCUT2D eigenvalue weighted by atomic mass is 10.1. The number of aryl methyl sites for hydroxylation is 1. The molecule has 1 aliphatic carbocycles. The van der Waals surface area contributed by atoms with Crippen LogP contribution in [0.3, 0.4) is 0 Å². The number of nitrogens with one attached hydrogen (secondary N) is 2. The number of benzene rings is 1. The summed E-state index contributed by atoms with van der Waals surface area (Å²) in [5.74, 6) is 1.00. The molecular formula is C19H24N6O3. The Kier molecular flexibility index (Phi) is 6.15. The quantitative estimate of drug-likeness (QED) is 0.357. The zero-order chi connectivity index (χ0) is 20.1. The van der Waals surface area contributed by atoms with Gasteiger partial charge in [-0.2, -0.15) is 0 Å². The minimum Gasteiger partial charge on any atom is -0.368 e. The van der Waals surface area contributed by atoms with Crippen molar-refractivity contribution in [2.24, 2.45) is 5.73 Å². The van der Waals surface area contributed by atoms with Crippen LogP contribution in [0.1, 0.15) is 36.1 Å². The van der Waals surface area contributed by atoms with Gasteiger partial charge in [-0.15, -0.1) is 0 Å². The molecule has 0 fully saturated rings. The number of carbonyl (C=O) groups excluding carboxylic acids is 1. The molecule has 0 saturated heterocycles. The third-order valence-electron chi connectivity index (χ3n) is 4.93. The predicted molar refractivity (Wildman–Crippen MR) is 105 cm³/mol. The average Bonchev–Trinajstić information content (AvgIpc) is 3.07. The molecule has 2 aromatic rings. The van der Waals surface area contributed by atoms with Gasteiger partial charge in [-0.3, -0.25) is 14.9 Å². The number of non-ortho nitro benzene ring substituents is 1. The number of aromatic nitrogens is 2. The molecule has 2 atom stereocenters. The van der Waals surface area contributed by atoms with Gasteiger partial charge in [0, 0.05) is 36.5 Å². The molecule has 9 nitrogen and oxygen atoms in total. The van der Waals surface area contributed by atoms with Gasteiger partial charge in [-0.1, -0.05) is 19.1 Å². The average molecular weight is 384 g/mol. The Labute approximate surface area is 162 Å². The van der Waals surface area contributed by atoms with Crippen LogP contribution in [0.5, 0.6) is 0 Å². The van der Waals surface area contributed by atoms with E-state index in [1.165, 1.54) is 17.7 Å². The van der Waals surface area contributed by atoms with Gasteiger partial charge < -0.3 is 16.4 Å². The first kappa shape index (κ1) is 19.7. The highest BCUT2D eigenvalue weighted by molar-refractivity contribution is 5.81. The first-order valence-corrected chi connectivity index (χ1v) is 9.30. The zero-order valence-electron chi connectivity index (χ0n) is 15.7. The normalized spacial score (nSPS) is 16.3. The standard InChI is InChI=1S/C19H24N6O3/c1-12-2-7-16-17(12)18(24-11-23-16)21-8-9-22-19(26)15(20)10-13-3-5-14(6-4-13)25(27)28/h3-6,11-12,15H,2,7-10,20H2,1H3,(H,22,26)(H,21,23,24)/t12-,15?/m1/s1. The Morgan fingerprint density at radius 3 is 2.79 bits per heavy atom. The zero-order valence-corrected chi connectivity index (χ0v) is 15.7. The van der Waals surface area contributed by atoms with Crippen molar-refractivity contribution in [1.29, 1.82) is 0 Å². The number of rotatable bonds is 8. The van der Waals surface area contributed by atoms with Crippen LogP contribution in [0, 0.1) is 10.1 Å². The maximum atomic E-state index is 12.2. The maximum absolute atomic E-state index is 12.2. The SMILES string of the molecule is C[C@@H]1CCc2ncnc(NCCNC(=O)C(N)Cc3ccc([N+](=O)[O-])cc3)c21. The van der Waals surface area contributed by atoms with Crippen LogP contribution >= 0.6 is 0 Å². The molecule has 28 heavy (non-hydrogen) atoms. The fraction of sp³-hybridized carbons (Fsp3) is 0.421. The molecule has 0 radical (unpaired) electrons. The van der Waals surface area contributed by atoms with E-state index < -0.39 is 11.0 Å². The molecule has 148 valence electrons. The van der Waals surface area contributed by atoms with Crippen molar-refractivity contribution >= 4 is 17.4 Å². The van der Waals surface area contributed by atoms with E-state index in [4.69, 9.17) is 5.73 Å². The molecule has 0 spiro atoms. The number of hydrogen-bond donors (Lipinski definition) is 3. The lowest BCUT2D eigenvalue weighted by Crippen LogP contribution is -2.43. The topological polar surface area (TPSA) is 136 Å². The number of amides is 1. The van der Waals surface area contributed by atoms with Crippen molar-refractivity contribution < 1.29 is 9.72 Å². The molecule has 1 aliphatic rings. The van der Waals surface area contributed by atoms with E-state index in [0.717, 1.165) is 29.9 Å². The van der Waals surface area contributed by atoms with Crippen molar-refractivity contribution in [2.45, 2.75) is 38.1 Å². The monoisotopic (exact) mass is 384 g/mol. The molecule has 0 saturated carbocycles. The minimum atomic E-state index is -0.718. The van der Waals surface area contributed by atoms with Gasteiger partial charge in [0.15, 0.2) is 0 Å². The number of nitrogens with two attached hydrogens (primary N) is 1. The maximum Gasteiger partial charge on any atom is 0.269 e. The van der Waals surface area contributed by atoms with Crippen molar-refractivity contribution in [3.63, 3.8) is 0 Å². The van der Waals surface area contributed by atoms with Crippen LogP contribution in [0.15, 0.2) is 30.6 Å². The Morgan fingerprint density at radius 2 is 2.07 bits per heavy atom. The van der Waals surface area contributed by atoms with Gasteiger partial charge >= 0.3 is 0 Å². The fourth-order valence-electron chi connectivity index (χ4n) is 3.39. The van der Waals surface area contributed by atoms with Crippen LogP contribution in [0.4, 0.5) is 11.5 Å². The predicted octanol–water partition coefficient (Wildman–Crippen LogP) is 1.53. The van der Waals surface area contributed by atoms with E-state index in [0.29, 0.717) is 25.4 Å². The highest BCUT2D eigenvalue weighted by atomic mass is 16.6. The first-order valence-electron chi connectivity index (χ1n) is 9.30. The Balaban J connectivity index is 1.44. The van der Waals surface area contributed by atoms with Crippen molar-refractivity contribution in [2.75, 3.05) is 18.4 Å². The molecule has 0 aliphatic heterocycles. The Bertz CT molecular complexity index is 855. The number of carbonyl (C=O) groups is 1. The van der Waals surface area contributed by atoms with Crippen LogP contribution in [-0.2, 0) is 17.6 Å². The highest BCUT2D eigenvalue weighted by Gasteiger charge is 2.23. The smallest absolute Gasteiger partial charge is 0.269 e. The van der Waals surface area contributed by atoms with Gasteiger partial charge in [0.05, 0.1) is 11.0 Å². The van der Waals surface area contributed by atoms with E-state index in [1.54, 1.807) is 18.5 Å². The van der Waals surface area contributed by atoms with Gasteiger partial charge in [0.1, 0.15) is 12.1 Å². The highest BCUT2D eigenvalue weighted by Crippen LogP contribution is 2.35. The van der Waals surface area contributed by atoms with Crippen LogP contribution in [-0.4, -0.2) is 39.9 Å². The first-order chi connectivity index (χ1) is 13.5. The number of nitro groups is 1. The van der Waals surface area contributed by atoms with E-state index in [1.807, 2.05) is 0 Å². The molecule has 3 rings (SSSR count). The molecule has 0 bridgehead atoms. The molecule has 1 unspecified atom stereocenters. The number of anilines is 1. The van der Waals surface area contributed by atoms with Crippen molar-refractivity contribution in [3.05, 3.63) is 57.5 Å². The lowest BCUT2D eigenvalue weighted by Gasteiger charge is -2.14. The number of hydrogen-bond acceptors (Lipinski definition) is 7. The summed E-state index contributed by atoms with van der Waals surface area (Å²) < 4.78 is 0. The van der Waals surface area contributed by atoms with E-state index >= 15 is 0 Å². The van der Waals surface area contributed by atoms with E-state index in [-0.39, 0.29) is 11.6 Å². The van der Waals surface area contributed by atoms with E-state index in [9.17, 15) is 14.9 Å². The van der Waals surface area contributed by atoms with Gasteiger partial charge in [0.25, 0.3) is 5.69 Å². The lowest BCUT2D eigenvalue weighted by molar-refractivity contribution is -0.384. The van der Waals surface area contributed by atoms with Crippen molar-refractivity contribution in [3.8, 4) is 0 Å². The second-order valence-corrected chi connectivity index (χ2v) is 6.97. The minimum absolute atomic E-state index is 0.0124. The summed E-state index contributed by atoms with van der Waals surface area (Å²) in [6.45, 7) is 3.12. The van der Waals surface area contributed by atoms with Gasteiger partial charge in [-0.25, -0.2) is 9.97 Å². The fourth-order valence-corrected chi connectivity index (χ4v) is 3.39. The second kappa shape index (κ2) is 8.75. The molecule has 1 amide bonds. The number of fused-ring (bicyclic) bond motifs is 1. The summed E-state index contributed by atoms with van der Waals surface area (Å²) in [6, 6.07) is 5.33. The summed E-state index contributed by atoms with van der Waals surface area (Å²) in [5, 5.41) is 16.7. The summed E-state index contributed by atoms with van der Waals surface area (Å²) in [7, 11) is 0. The van der Waals surface area contributed by atoms with Gasteiger partial charge in [-0.05, 0) is 30.7 Å². The van der Waals surface area contributed by atoms with Crippen LogP contribution < -0.4 is 16.4 Å². The molecule has 1 aromatic heterocycles. The number of nitrogens with zero attached hydrogens (tertiary/aromatic N) is 3. The van der Waals surface area contributed by atoms with Gasteiger partial charge in [0.2, 0.25) is 5.91 Å². The Morgan fingerprint density at radius 1 is 1.32 bits per heavy atom. The molecule has 9 heteroatoms. The Hall–Kier alpha value is -3.07. The molecule has 4 N–H and O–H groups in total. The molecular weight excluding hydrogens is 360 g/mol. The van der Waals surface area contributed by atoms with Crippen molar-refractivity contribution in [1.82, 2.24) is 15.3 Å². The van der Waals surface area contributed by atoms with Crippen LogP contribution in [0.2, 0.25) is 0 Å². The van der Waals surface area contributed by atoms with E-state index in [2.05, 4.69) is 27.5 Å². The largest absolute Gasteiger partial charge is 0.368 e. The van der Waals surface area contributed by atoms with Crippen LogP contribution in [0.25, 0.3) is 0 Å². The molecule has 1 heterocycles. The molecule has 1 aromatic carbocycles. The number of nitro benzene ring substituents is 1. The summed E-state index contributed by atoms with van der Waals surface area (Å²) >= 11 is 0. The summed E-state index contributed by atoms with van der Waals surface area (Å²) in [5.41, 5.74) is 9.00.